The van der Waals surface area contributed by atoms with Gasteiger partial charge >= 0.3 is 0 Å². The molecule has 0 N–H and O–H groups in total. The van der Waals surface area contributed by atoms with Gasteiger partial charge in [0.2, 0.25) is 0 Å². The van der Waals surface area contributed by atoms with Crippen molar-refractivity contribution in [2.24, 2.45) is 0 Å². The molecule has 0 fully saturated rings. The summed E-state index contributed by atoms with van der Waals surface area (Å²) in [6.07, 6.45) is 14.3. The second-order valence-electron chi connectivity index (χ2n) is 31.0. The second-order valence-corrected chi connectivity index (χ2v) is 34.8. The lowest BCUT2D eigenvalue weighted by Gasteiger charge is -2.35. The summed E-state index contributed by atoms with van der Waals surface area (Å²) in [4.78, 5) is 9.47. The highest BCUT2D eigenvalue weighted by atomic mass is 28.3. The molecular formula is C115H100N4O2Si. The summed E-state index contributed by atoms with van der Waals surface area (Å²) in [5.74, 6) is 1.77. The highest BCUT2D eigenvalue weighted by molar-refractivity contribution is 7.19. The maximum absolute atomic E-state index is 6.19. The van der Waals surface area contributed by atoms with Gasteiger partial charge in [-0.15, -0.1) is 13.2 Å². The minimum absolute atomic E-state index is 0.659. The van der Waals surface area contributed by atoms with Gasteiger partial charge in [0.05, 0.1) is 36.0 Å². The van der Waals surface area contributed by atoms with Crippen LogP contribution in [0.25, 0.3) is 54.2 Å². The van der Waals surface area contributed by atoms with Gasteiger partial charge in [0, 0.05) is 67.0 Å². The maximum Gasteiger partial charge on any atom is 0.179 e. The number of allylic oxidation sites excluding steroid dienone is 2. The Balaban J connectivity index is 0.000000175. The molecule has 0 bridgehead atoms. The molecule has 7 heteroatoms. The minimum atomic E-state index is -2.91. The number of anilines is 12. The SMILES string of the molecule is C=CCCCCCCCCOc1ccc(N(c2ccc(-c3ccc(N(c4ccccc4)c4cccc5ccccc45)cc3)cc2)c2cccc3ccccc23)cc1.C=CCCCOc1ccc(N(c2ccc([Si](c3ccccc3)(c3ccccc3)c3ccc(N(c4ccccc4)c4cccc5ccccc45)cc3)cc2)c2cccc3ccccc23)cc1. The van der Waals surface area contributed by atoms with Gasteiger partial charge in [0.25, 0.3) is 0 Å². The lowest BCUT2D eigenvalue weighted by Crippen LogP contribution is -2.74. The fraction of sp³-hybridized carbons (Fsp3) is 0.0957. The Morgan fingerprint density at radius 3 is 0.770 bits per heavy atom. The molecule has 18 aromatic rings. The molecule has 596 valence electrons. The number of benzene rings is 18. The van der Waals surface area contributed by atoms with Crippen LogP contribution in [0.2, 0.25) is 0 Å². The average molecular weight is 1600 g/mol. The number of rotatable bonds is 32. The van der Waals surface area contributed by atoms with Crippen LogP contribution in [0.1, 0.15) is 57.8 Å². The summed E-state index contributed by atoms with van der Waals surface area (Å²) in [6.45, 7) is 9.08. The number of unbranched alkanes of at least 4 members (excludes halogenated alkanes) is 7. The lowest BCUT2D eigenvalue weighted by atomic mass is 10.0. The first-order valence-corrected chi connectivity index (χ1v) is 44.9. The van der Waals surface area contributed by atoms with Crippen molar-refractivity contribution in [2.45, 2.75) is 57.8 Å². The first-order chi connectivity index (χ1) is 60.5. The van der Waals surface area contributed by atoms with Gasteiger partial charge < -0.3 is 29.1 Å². The number of nitrogens with zero attached hydrogens (tertiary/aromatic N) is 4. The quantitative estimate of drug-likeness (QED) is 0.0181. The van der Waals surface area contributed by atoms with E-state index in [1.54, 1.807) is 0 Å². The molecule has 0 aliphatic carbocycles. The van der Waals surface area contributed by atoms with Crippen molar-refractivity contribution in [2.75, 3.05) is 32.8 Å². The van der Waals surface area contributed by atoms with Gasteiger partial charge in [0.1, 0.15) is 11.5 Å². The second kappa shape index (κ2) is 38.9. The van der Waals surface area contributed by atoms with Crippen LogP contribution < -0.4 is 49.8 Å². The molecule has 0 radical (unpaired) electrons. The molecule has 6 nitrogen and oxygen atoms in total. The summed E-state index contributed by atoms with van der Waals surface area (Å²) >= 11 is 0. The van der Waals surface area contributed by atoms with E-state index in [2.05, 4.69) is 470 Å². The third kappa shape index (κ3) is 17.8. The van der Waals surface area contributed by atoms with Crippen LogP contribution in [0.4, 0.5) is 68.2 Å². The fourth-order valence-electron chi connectivity index (χ4n) is 17.3. The van der Waals surface area contributed by atoms with Gasteiger partial charge in [-0.2, -0.15) is 0 Å². The lowest BCUT2D eigenvalue weighted by molar-refractivity contribution is 0.304. The number of fused-ring (bicyclic) bond motifs is 4. The molecule has 0 saturated carbocycles. The summed E-state index contributed by atoms with van der Waals surface area (Å²) in [6, 6.07) is 158. The Bertz CT molecular complexity index is 6390. The molecule has 0 saturated heterocycles. The monoisotopic (exact) mass is 1600 g/mol. The van der Waals surface area contributed by atoms with Crippen LogP contribution in [0.15, 0.2) is 462 Å². The van der Waals surface area contributed by atoms with E-state index in [1.165, 1.54) is 107 Å². The molecule has 0 aromatic heterocycles. The van der Waals surface area contributed by atoms with E-state index in [0.29, 0.717) is 6.61 Å². The number of hydrogen-bond donors (Lipinski definition) is 0. The van der Waals surface area contributed by atoms with Crippen molar-refractivity contribution >= 4 is 140 Å². The van der Waals surface area contributed by atoms with Crippen LogP contribution in [-0.4, -0.2) is 21.3 Å². The maximum atomic E-state index is 6.19. The van der Waals surface area contributed by atoms with Crippen molar-refractivity contribution in [1.82, 2.24) is 0 Å². The van der Waals surface area contributed by atoms with E-state index in [4.69, 9.17) is 9.47 Å². The van der Waals surface area contributed by atoms with Gasteiger partial charge in [-0.1, -0.05) is 329 Å². The molecule has 0 amide bonds. The largest absolute Gasteiger partial charge is 0.494 e. The molecule has 0 aliphatic rings. The Labute approximate surface area is 720 Å². The zero-order chi connectivity index (χ0) is 82.5. The predicted molar refractivity (Wildman–Crippen MR) is 524 cm³/mol. The third-order valence-electron chi connectivity index (χ3n) is 23.3. The molecule has 18 rings (SSSR count). The Morgan fingerprint density at radius 2 is 0.443 bits per heavy atom. The Kier molecular flexibility index (Phi) is 25.5. The van der Waals surface area contributed by atoms with Crippen molar-refractivity contribution < 1.29 is 9.47 Å². The van der Waals surface area contributed by atoms with Crippen LogP contribution in [0, 0.1) is 0 Å². The summed E-state index contributed by atoms with van der Waals surface area (Å²) in [5, 5.41) is 15.0. The van der Waals surface area contributed by atoms with Crippen molar-refractivity contribution in [1.29, 1.82) is 0 Å². The van der Waals surface area contributed by atoms with Gasteiger partial charge in [-0.3, -0.25) is 0 Å². The molecule has 0 spiro atoms. The smallest absolute Gasteiger partial charge is 0.179 e. The molecule has 0 aliphatic heterocycles. The highest BCUT2D eigenvalue weighted by Crippen LogP contribution is 2.45. The summed E-state index contributed by atoms with van der Waals surface area (Å²) < 4.78 is 12.3. The van der Waals surface area contributed by atoms with E-state index in [0.717, 1.165) is 112 Å². The summed E-state index contributed by atoms with van der Waals surface area (Å²) in [7, 11) is -2.91. The van der Waals surface area contributed by atoms with Crippen LogP contribution in [0.5, 0.6) is 11.5 Å². The van der Waals surface area contributed by atoms with E-state index in [1.807, 2.05) is 12.2 Å². The van der Waals surface area contributed by atoms with Gasteiger partial charge in [0.15, 0.2) is 8.07 Å². The zero-order valence-electron chi connectivity index (χ0n) is 69.0. The first-order valence-electron chi connectivity index (χ1n) is 42.9. The third-order valence-corrected chi connectivity index (χ3v) is 28.1. The first kappa shape index (κ1) is 79.9. The van der Waals surface area contributed by atoms with Crippen LogP contribution in [0.3, 0.4) is 0 Å². The fourth-order valence-corrected chi connectivity index (χ4v) is 22.0. The standard InChI is InChI=1S/C61H50N2OSi.C54H50N2O/c1-2-3-17-46-64-53-40-34-50(35-41-53)63(61-33-19-23-48-21-14-16-31-59(48)61)52-38-44-57(45-39-52)65(54-26-9-5-10-27-54,55-28-11-6-12-29-55)56-42-36-51(37-43-56)62(49-24-7-4-8-25-49)60-32-18-22-47-20-13-15-30-58(47)60;1-2-3-4-5-6-7-8-16-41-57-50-39-37-49(38-40-50)56(54-28-18-22-45-20-13-15-26-52(45)54)48-35-31-43(32-36-48)42-29-33-47(34-30-42)55(46-23-10-9-11-24-46)53-27-17-21-44-19-12-14-25-51(44)53/h2,4-16,18-45H,1,3,17,46H2;2,9-15,17-40H,1,3-8,16,41H2. The molecular weight excluding hydrogens is 1500 g/mol. The molecule has 122 heavy (non-hydrogen) atoms. The van der Waals surface area contributed by atoms with Crippen molar-refractivity contribution in [3.8, 4) is 22.6 Å². The number of para-hydroxylation sites is 2. The van der Waals surface area contributed by atoms with E-state index in [9.17, 15) is 0 Å². The predicted octanol–water partition coefficient (Wildman–Crippen LogP) is 29.6. The molecule has 0 unspecified atom stereocenters. The van der Waals surface area contributed by atoms with E-state index in [-0.39, 0.29) is 0 Å². The Morgan fingerprint density at radius 1 is 0.205 bits per heavy atom. The number of ether oxygens (including phenoxy) is 2. The molecule has 0 atom stereocenters. The highest BCUT2D eigenvalue weighted by Gasteiger charge is 2.42. The molecule has 0 heterocycles. The number of hydrogen-bond acceptors (Lipinski definition) is 6. The topological polar surface area (TPSA) is 31.4 Å². The summed E-state index contributed by atoms with van der Waals surface area (Å²) in [5.41, 5.74) is 15.7. The minimum Gasteiger partial charge on any atom is -0.494 e. The van der Waals surface area contributed by atoms with E-state index < -0.39 is 8.07 Å². The van der Waals surface area contributed by atoms with Crippen LogP contribution in [-0.2, 0) is 0 Å². The normalized spacial score (nSPS) is 11.2. The van der Waals surface area contributed by atoms with Crippen LogP contribution >= 0.6 is 0 Å². The van der Waals surface area contributed by atoms with Crippen molar-refractivity contribution in [3.05, 3.63) is 462 Å². The van der Waals surface area contributed by atoms with Gasteiger partial charge in [-0.05, 0) is 231 Å². The Hall–Kier alpha value is -14.5. The van der Waals surface area contributed by atoms with E-state index >= 15 is 0 Å². The molecule has 18 aromatic carbocycles. The van der Waals surface area contributed by atoms with Gasteiger partial charge in [-0.25, -0.2) is 0 Å². The average Bonchev–Trinajstić information content (AvgIpc) is 0.729. The van der Waals surface area contributed by atoms with Crippen molar-refractivity contribution in [3.63, 3.8) is 0 Å². The zero-order valence-corrected chi connectivity index (χ0v) is 70.0.